The van der Waals surface area contributed by atoms with Crippen LogP contribution in [0, 0.1) is 6.92 Å². The van der Waals surface area contributed by atoms with Crippen molar-refractivity contribution < 1.29 is 4.79 Å². The fourth-order valence-electron chi connectivity index (χ4n) is 1.95. The van der Waals surface area contributed by atoms with E-state index >= 15 is 0 Å². The summed E-state index contributed by atoms with van der Waals surface area (Å²) in [4.78, 5) is 12.0. The van der Waals surface area contributed by atoms with Gasteiger partial charge in [-0.3, -0.25) is 4.79 Å². The van der Waals surface area contributed by atoms with Crippen LogP contribution in [0.2, 0.25) is 0 Å². The van der Waals surface area contributed by atoms with Gasteiger partial charge in [-0.15, -0.1) is 0 Å². The number of rotatable bonds is 4. The molecule has 0 atom stereocenters. The normalized spacial score (nSPS) is 10.3. The Balaban J connectivity index is 1.96. The van der Waals surface area contributed by atoms with Crippen LogP contribution in [-0.2, 0) is 11.2 Å². The summed E-state index contributed by atoms with van der Waals surface area (Å²) in [5.41, 5.74) is 9.49. The average molecular weight is 333 g/mol. The third kappa shape index (κ3) is 3.84. The number of nitrogens with one attached hydrogen (secondary N) is 1. The van der Waals surface area contributed by atoms with Crippen LogP contribution in [0.25, 0.3) is 0 Å². The molecule has 0 aliphatic carbocycles. The van der Waals surface area contributed by atoms with Crippen LogP contribution in [-0.4, -0.2) is 5.91 Å². The molecule has 3 N–H and O–H groups in total. The first-order valence-corrected chi connectivity index (χ1v) is 7.25. The number of benzene rings is 2. The Morgan fingerprint density at radius 2 is 2.00 bits per heavy atom. The Morgan fingerprint density at radius 3 is 2.75 bits per heavy atom. The largest absolute Gasteiger partial charge is 0.399 e. The van der Waals surface area contributed by atoms with E-state index in [9.17, 15) is 4.79 Å². The van der Waals surface area contributed by atoms with Gasteiger partial charge >= 0.3 is 0 Å². The maximum Gasteiger partial charge on any atom is 0.224 e. The van der Waals surface area contributed by atoms with Crippen LogP contribution in [0.5, 0.6) is 0 Å². The average Bonchev–Trinajstić information content (AvgIpc) is 2.42. The predicted octanol–water partition coefficient (Wildman–Crippen LogP) is 3.91. The number of carbonyl (C=O) groups excluding carboxylic acids is 1. The van der Waals surface area contributed by atoms with Crippen LogP contribution in [0.3, 0.4) is 0 Å². The molecule has 0 aromatic heterocycles. The van der Waals surface area contributed by atoms with Crippen molar-refractivity contribution >= 4 is 33.2 Å². The number of amides is 1. The van der Waals surface area contributed by atoms with E-state index in [-0.39, 0.29) is 5.91 Å². The quantitative estimate of drug-likeness (QED) is 0.834. The van der Waals surface area contributed by atoms with Gasteiger partial charge in [-0.2, -0.15) is 0 Å². The lowest BCUT2D eigenvalue weighted by molar-refractivity contribution is -0.116. The number of aryl methyl sites for hydroxylation is 2. The van der Waals surface area contributed by atoms with Crippen molar-refractivity contribution in [2.45, 2.75) is 19.8 Å². The number of halogens is 1. The van der Waals surface area contributed by atoms with Gasteiger partial charge in [0.15, 0.2) is 0 Å². The standard InChI is InChI=1S/C16H17BrN2O/c1-11-6-8-13(17)10-15(11)19-16(20)9-7-12-4-2-3-5-14(12)18/h2-6,8,10H,7,9,18H2,1H3,(H,19,20). The van der Waals surface area contributed by atoms with E-state index in [0.717, 1.165) is 27.0 Å². The fraction of sp³-hybridized carbons (Fsp3) is 0.188. The zero-order chi connectivity index (χ0) is 14.5. The van der Waals surface area contributed by atoms with Gasteiger partial charge in [-0.1, -0.05) is 40.2 Å². The molecule has 2 aromatic rings. The minimum Gasteiger partial charge on any atom is -0.399 e. The monoisotopic (exact) mass is 332 g/mol. The topological polar surface area (TPSA) is 55.1 Å². The molecule has 0 fully saturated rings. The summed E-state index contributed by atoms with van der Waals surface area (Å²) in [7, 11) is 0. The fourth-order valence-corrected chi connectivity index (χ4v) is 2.31. The number of para-hydroxylation sites is 1. The summed E-state index contributed by atoms with van der Waals surface area (Å²) in [5.74, 6) is -0.00514. The minimum atomic E-state index is -0.00514. The number of carbonyl (C=O) groups is 1. The first-order chi connectivity index (χ1) is 9.56. The molecule has 1 amide bonds. The first-order valence-electron chi connectivity index (χ1n) is 6.45. The molecule has 0 unspecified atom stereocenters. The summed E-state index contributed by atoms with van der Waals surface area (Å²) in [6, 6.07) is 13.5. The molecule has 4 heteroatoms. The molecule has 0 saturated heterocycles. The van der Waals surface area contributed by atoms with E-state index in [1.165, 1.54) is 0 Å². The summed E-state index contributed by atoms with van der Waals surface area (Å²) in [5, 5.41) is 2.93. The molecule has 0 saturated carbocycles. The Labute approximate surface area is 127 Å². The molecule has 104 valence electrons. The summed E-state index contributed by atoms with van der Waals surface area (Å²) < 4.78 is 0.950. The third-order valence-corrected chi connectivity index (χ3v) is 3.64. The number of hydrogen-bond donors (Lipinski definition) is 2. The van der Waals surface area contributed by atoms with Crippen molar-refractivity contribution in [3.05, 3.63) is 58.1 Å². The van der Waals surface area contributed by atoms with Gasteiger partial charge in [-0.25, -0.2) is 0 Å². The zero-order valence-corrected chi connectivity index (χ0v) is 12.9. The molecule has 0 aliphatic heterocycles. The molecule has 0 aliphatic rings. The van der Waals surface area contributed by atoms with Crippen molar-refractivity contribution in [2.24, 2.45) is 0 Å². The second-order valence-corrected chi connectivity index (χ2v) is 5.62. The van der Waals surface area contributed by atoms with Crippen LogP contribution in [0.1, 0.15) is 17.5 Å². The second kappa shape index (κ2) is 6.57. The Hall–Kier alpha value is -1.81. The van der Waals surface area contributed by atoms with Gasteiger partial charge in [0.25, 0.3) is 0 Å². The molecular formula is C16H17BrN2O. The second-order valence-electron chi connectivity index (χ2n) is 4.71. The van der Waals surface area contributed by atoms with Gasteiger partial charge < -0.3 is 11.1 Å². The number of anilines is 2. The molecular weight excluding hydrogens is 316 g/mol. The molecule has 0 radical (unpaired) electrons. The van der Waals surface area contributed by atoms with Gasteiger partial charge in [0.1, 0.15) is 0 Å². The lowest BCUT2D eigenvalue weighted by atomic mass is 10.1. The lowest BCUT2D eigenvalue weighted by Crippen LogP contribution is -2.13. The first kappa shape index (κ1) is 14.6. The van der Waals surface area contributed by atoms with Crippen LogP contribution < -0.4 is 11.1 Å². The highest BCUT2D eigenvalue weighted by Gasteiger charge is 2.07. The molecule has 2 rings (SSSR count). The van der Waals surface area contributed by atoms with Gasteiger partial charge in [0.05, 0.1) is 0 Å². The molecule has 0 bridgehead atoms. The van der Waals surface area contributed by atoms with E-state index in [1.807, 2.05) is 49.4 Å². The molecule has 0 spiro atoms. The highest BCUT2D eigenvalue weighted by molar-refractivity contribution is 9.10. The maximum absolute atomic E-state index is 12.0. The van der Waals surface area contributed by atoms with Crippen LogP contribution in [0.4, 0.5) is 11.4 Å². The molecule has 3 nitrogen and oxygen atoms in total. The van der Waals surface area contributed by atoms with Crippen LogP contribution >= 0.6 is 15.9 Å². The van der Waals surface area contributed by atoms with Gasteiger partial charge in [0, 0.05) is 22.3 Å². The maximum atomic E-state index is 12.0. The summed E-state index contributed by atoms with van der Waals surface area (Å²) >= 11 is 3.40. The highest BCUT2D eigenvalue weighted by Crippen LogP contribution is 2.21. The molecule has 20 heavy (non-hydrogen) atoms. The molecule has 2 aromatic carbocycles. The van der Waals surface area contributed by atoms with Crippen molar-refractivity contribution in [1.29, 1.82) is 0 Å². The minimum absolute atomic E-state index is 0.00514. The molecule has 0 heterocycles. The van der Waals surface area contributed by atoms with Crippen molar-refractivity contribution in [3.8, 4) is 0 Å². The summed E-state index contributed by atoms with van der Waals surface area (Å²) in [6.45, 7) is 1.97. The highest BCUT2D eigenvalue weighted by atomic mass is 79.9. The van der Waals surface area contributed by atoms with Gasteiger partial charge in [0.2, 0.25) is 5.91 Å². The lowest BCUT2D eigenvalue weighted by Gasteiger charge is -2.09. The van der Waals surface area contributed by atoms with Crippen molar-refractivity contribution in [1.82, 2.24) is 0 Å². The van der Waals surface area contributed by atoms with Gasteiger partial charge in [-0.05, 0) is 42.7 Å². The van der Waals surface area contributed by atoms with E-state index < -0.39 is 0 Å². The number of nitrogens with two attached hydrogens (primary N) is 1. The third-order valence-electron chi connectivity index (χ3n) is 3.15. The van der Waals surface area contributed by atoms with E-state index in [2.05, 4.69) is 21.2 Å². The Kier molecular flexibility index (Phi) is 4.79. The van der Waals surface area contributed by atoms with Crippen molar-refractivity contribution in [3.63, 3.8) is 0 Å². The van der Waals surface area contributed by atoms with Crippen molar-refractivity contribution in [2.75, 3.05) is 11.1 Å². The number of hydrogen-bond acceptors (Lipinski definition) is 2. The SMILES string of the molecule is Cc1ccc(Br)cc1NC(=O)CCc1ccccc1N. The smallest absolute Gasteiger partial charge is 0.224 e. The predicted molar refractivity (Wildman–Crippen MR) is 86.7 cm³/mol. The van der Waals surface area contributed by atoms with E-state index in [1.54, 1.807) is 0 Å². The van der Waals surface area contributed by atoms with Crippen LogP contribution in [0.15, 0.2) is 46.9 Å². The Bertz CT molecular complexity index is 626. The summed E-state index contributed by atoms with van der Waals surface area (Å²) in [6.07, 6.45) is 1.06. The van der Waals surface area contributed by atoms with E-state index in [4.69, 9.17) is 5.73 Å². The number of nitrogen functional groups attached to an aromatic ring is 1. The van der Waals surface area contributed by atoms with E-state index in [0.29, 0.717) is 12.8 Å². The Morgan fingerprint density at radius 1 is 1.25 bits per heavy atom. The zero-order valence-electron chi connectivity index (χ0n) is 11.3.